The lowest BCUT2D eigenvalue weighted by Gasteiger charge is -2.14. The zero-order valence-corrected chi connectivity index (χ0v) is 16.3. The summed E-state index contributed by atoms with van der Waals surface area (Å²) in [5, 5.41) is 15.7. The van der Waals surface area contributed by atoms with Crippen molar-refractivity contribution >= 4 is 0 Å². The Hall–Kier alpha value is -3.28. The average molecular weight is 374 g/mol. The third kappa shape index (κ3) is 4.91. The lowest BCUT2D eigenvalue weighted by molar-refractivity contribution is 0.493. The van der Waals surface area contributed by atoms with Gasteiger partial charge in [-0.3, -0.25) is 0 Å². The molecule has 0 amide bonds. The molecule has 2 atom stereocenters. The topological polar surface area (TPSA) is 61.4 Å². The van der Waals surface area contributed by atoms with Gasteiger partial charge in [-0.1, -0.05) is 84.9 Å². The van der Waals surface area contributed by atoms with E-state index in [-0.39, 0.29) is 0 Å². The van der Waals surface area contributed by atoms with Crippen LogP contribution in [-0.2, 0) is 0 Å². The van der Waals surface area contributed by atoms with Gasteiger partial charge in [-0.15, -0.1) is 10.2 Å². The normalized spacial score (nSPS) is 12.6. The lowest BCUT2D eigenvalue weighted by atomic mass is 10.1. The van der Waals surface area contributed by atoms with Gasteiger partial charge in [-0.2, -0.15) is 0 Å². The van der Waals surface area contributed by atoms with Crippen molar-refractivity contribution in [3.63, 3.8) is 0 Å². The minimum atomic E-state index is 0.304. The van der Waals surface area contributed by atoms with Gasteiger partial charge in [0.25, 0.3) is 0 Å². The summed E-state index contributed by atoms with van der Waals surface area (Å²) >= 11 is 0. The van der Waals surface area contributed by atoms with Gasteiger partial charge in [-0.05, 0) is 24.0 Å². The van der Waals surface area contributed by atoms with Crippen LogP contribution < -0.4 is 0 Å². The van der Waals surface area contributed by atoms with Crippen molar-refractivity contribution in [1.82, 2.24) is 30.0 Å². The molecule has 2 heterocycles. The fourth-order valence-corrected chi connectivity index (χ4v) is 3.27. The maximum Gasteiger partial charge on any atom is 0.0783 e. The van der Waals surface area contributed by atoms with Crippen LogP contribution >= 0.6 is 0 Å². The number of rotatable bonds is 6. The molecule has 0 saturated carbocycles. The van der Waals surface area contributed by atoms with E-state index in [4.69, 9.17) is 0 Å². The zero-order valence-electron chi connectivity index (χ0n) is 16.3. The van der Waals surface area contributed by atoms with Crippen LogP contribution in [-0.4, -0.2) is 30.0 Å². The summed E-state index contributed by atoms with van der Waals surface area (Å²) in [5.41, 5.74) is 2.56. The summed E-state index contributed by atoms with van der Waals surface area (Å²) in [6.45, 7) is 4.30. The standard InChI is InChI=1S/2C11H13N3/c2*1-2-11(14-9-8-12-13-14)10-6-4-3-5-7-10/h2*3-9,11H,2H2,1H3. The molecule has 4 rings (SSSR count). The molecule has 2 unspecified atom stereocenters. The van der Waals surface area contributed by atoms with Gasteiger partial charge in [0.2, 0.25) is 0 Å². The van der Waals surface area contributed by atoms with Crippen LogP contribution in [0.5, 0.6) is 0 Å². The molecular formula is C22H26N6. The van der Waals surface area contributed by atoms with Gasteiger partial charge in [0.05, 0.1) is 24.5 Å². The highest BCUT2D eigenvalue weighted by Gasteiger charge is 2.11. The molecule has 28 heavy (non-hydrogen) atoms. The predicted octanol–water partition coefficient (Wildman–Crippen LogP) is 4.56. The Bertz CT molecular complexity index is 811. The molecule has 0 fully saturated rings. The van der Waals surface area contributed by atoms with E-state index in [9.17, 15) is 0 Å². The van der Waals surface area contributed by atoms with Gasteiger partial charge >= 0.3 is 0 Å². The third-order valence-electron chi connectivity index (χ3n) is 4.66. The molecule has 6 heteroatoms. The molecule has 144 valence electrons. The van der Waals surface area contributed by atoms with E-state index in [1.165, 1.54) is 11.1 Å². The highest BCUT2D eigenvalue weighted by molar-refractivity contribution is 5.20. The van der Waals surface area contributed by atoms with Crippen molar-refractivity contribution in [3.05, 3.63) is 96.6 Å². The van der Waals surface area contributed by atoms with Crippen LogP contribution in [0, 0.1) is 0 Å². The molecule has 0 aliphatic heterocycles. The first-order valence-corrected chi connectivity index (χ1v) is 9.65. The average Bonchev–Trinajstić information content (AvgIpc) is 3.46. The fraction of sp³-hybridized carbons (Fsp3) is 0.273. The summed E-state index contributed by atoms with van der Waals surface area (Å²) in [4.78, 5) is 0. The fourth-order valence-electron chi connectivity index (χ4n) is 3.27. The van der Waals surface area contributed by atoms with Gasteiger partial charge in [-0.25, -0.2) is 9.36 Å². The first-order valence-electron chi connectivity index (χ1n) is 9.65. The quantitative estimate of drug-likeness (QED) is 0.496. The maximum absolute atomic E-state index is 4.03. The van der Waals surface area contributed by atoms with Crippen LogP contribution in [0.4, 0.5) is 0 Å². The Morgan fingerprint density at radius 1 is 0.643 bits per heavy atom. The second-order valence-corrected chi connectivity index (χ2v) is 6.44. The summed E-state index contributed by atoms with van der Waals surface area (Å²) < 4.78 is 3.80. The SMILES string of the molecule is CCC(c1ccccc1)n1ccnn1.CCC(c1ccccc1)n1ccnn1. The van der Waals surface area contributed by atoms with E-state index in [0.717, 1.165) is 12.8 Å². The van der Waals surface area contributed by atoms with Crippen LogP contribution in [0.3, 0.4) is 0 Å². The molecule has 0 aliphatic rings. The second-order valence-electron chi connectivity index (χ2n) is 6.44. The summed E-state index contributed by atoms with van der Waals surface area (Å²) in [6.07, 6.45) is 9.28. The molecule has 0 radical (unpaired) electrons. The van der Waals surface area contributed by atoms with E-state index in [2.05, 4.69) is 83.0 Å². The van der Waals surface area contributed by atoms with Crippen molar-refractivity contribution in [2.24, 2.45) is 0 Å². The molecule has 0 aliphatic carbocycles. The first kappa shape index (κ1) is 19.5. The van der Waals surface area contributed by atoms with Gasteiger partial charge in [0, 0.05) is 12.4 Å². The van der Waals surface area contributed by atoms with Crippen LogP contribution in [0.25, 0.3) is 0 Å². The molecule has 6 nitrogen and oxygen atoms in total. The van der Waals surface area contributed by atoms with E-state index in [1.54, 1.807) is 12.4 Å². The Kier molecular flexibility index (Phi) is 7.07. The second kappa shape index (κ2) is 10.2. The monoisotopic (exact) mass is 374 g/mol. The molecule has 0 spiro atoms. The molecule has 0 saturated heterocycles. The lowest BCUT2D eigenvalue weighted by Crippen LogP contribution is -2.10. The maximum atomic E-state index is 4.03. The summed E-state index contributed by atoms with van der Waals surface area (Å²) in [6, 6.07) is 21.3. The number of hydrogen-bond acceptors (Lipinski definition) is 4. The van der Waals surface area contributed by atoms with Crippen LogP contribution in [0.15, 0.2) is 85.5 Å². The minimum absolute atomic E-state index is 0.304. The van der Waals surface area contributed by atoms with Crippen molar-refractivity contribution in [1.29, 1.82) is 0 Å². The predicted molar refractivity (Wildman–Crippen MR) is 110 cm³/mol. The van der Waals surface area contributed by atoms with Gasteiger partial charge in [0.15, 0.2) is 0 Å². The Labute approximate surface area is 165 Å². The van der Waals surface area contributed by atoms with E-state index < -0.39 is 0 Å². The summed E-state index contributed by atoms with van der Waals surface area (Å²) in [5.74, 6) is 0. The van der Waals surface area contributed by atoms with Crippen molar-refractivity contribution < 1.29 is 0 Å². The molecule has 0 bridgehead atoms. The molecule has 2 aromatic carbocycles. The van der Waals surface area contributed by atoms with Crippen molar-refractivity contribution in [2.45, 2.75) is 38.8 Å². The van der Waals surface area contributed by atoms with Gasteiger partial charge in [0.1, 0.15) is 0 Å². The Balaban J connectivity index is 0.000000161. The molecule has 4 aromatic rings. The third-order valence-corrected chi connectivity index (χ3v) is 4.66. The number of aromatic nitrogens is 6. The number of benzene rings is 2. The molecule has 0 N–H and O–H groups in total. The van der Waals surface area contributed by atoms with Crippen LogP contribution in [0.2, 0.25) is 0 Å². The summed E-state index contributed by atoms with van der Waals surface area (Å²) in [7, 11) is 0. The minimum Gasteiger partial charge on any atom is -0.245 e. The van der Waals surface area contributed by atoms with Crippen molar-refractivity contribution in [3.8, 4) is 0 Å². The van der Waals surface area contributed by atoms with Gasteiger partial charge < -0.3 is 0 Å². The van der Waals surface area contributed by atoms with E-state index >= 15 is 0 Å². The van der Waals surface area contributed by atoms with E-state index in [0.29, 0.717) is 12.1 Å². The Morgan fingerprint density at radius 2 is 1.04 bits per heavy atom. The first-order chi connectivity index (χ1) is 13.8. The molecule has 2 aromatic heterocycles. The number of hydrogen-bond donors (Lipinski definition) is 0. The highest BCUT2D eigenvalue weighted by Crippen LogP contribution is 2.20. The highest BCUT2D eigenvalue weighted by atomic mass is 15.4. The smallest absolute Gasteiger partial charge is 0.0783 e. The number of nitrogens with zero attached hydrogens (tertiary/aromatic N) is 6. The largest absolute Gasteiger partial charge is 0.245 e. The Morgan fingerprint density at radius 3 is 1.32 bits per heavy atom. The molecular weight excluding hydrogens is 348 g/mol. The zero-order chi connectivity index (χ0) is 19.6. The van der Waals surface area contributed by atoms with Crippen molar-refractivity contribution in [2.75, 3.05) is 0 Å². The van der Waals surface area contributed by atoms with E-state index in [1.807, 2.05) is 33.9 Å². The van der Waals surface area contributed by atoms with Crippen LogP contribution in [0.1, 0.15) is 49.9 Å².